The van der Waals surface area contributed by atoms with E-state index in [4.69, 9.17) is 0 Å². The molecule has 0 aliphatic heterocycles. The topological polar surface area (TPSA) is 49.3 Å². The molecule has 3 heteroatoms. The number of carbonyl (C=O) groups is 1. The number of hydrogen-bond acceptors (Lipinski definition) is 2. The minimum absolute atomic E-state index is 0.00260. The van der Waals surface area contributed by atoms with Gasteiger partial charge in [0, 0.05) is 12.5 Å². The van der Waals surface area contributed by atoms with E-state index in [9.17, 15) is 9.90 Å². The van der Waals surface area contributed by atoms with Crippen LogP contribution in [0.15, 0.2) is 0 Å². The van der Waals surface area contributed by atoms with Gasteiger partial charge in [-0.25, -0.2) is 0 Å². The Hall–Kier alpha value is -0.570. The van der Waals surface area contributed by atoms with Gasteiger partial charge in [0.2, 0.25) is 5.91 Å². The molecule has 3 nitrogen and oxygen atoms in total. The molecule has 2 N–H and O–H groups in total. The number of hydrogen-bond donors (Lipinski definition) is 2. The number of aliphatic hydroxyl groups is 1. The molecule has 0 fully saturated rings. The summed E-state index contributed by atoms with van der Waals surface area (Å²) in [7, 11) is 0. The van der Waals surface area contributed by atoms with Crippen molar-refractivity contribution in [1.29, 1.82) is 0 Å². The van der Waals surface area contributed by atoms with Crippen LogP contribution in [-0.4, -0.2) is 23.7 Å². The molecule has 0 radical (unpaired) electrons. The predicted octanol–water partition coefficient (Wildman–Crippen LogP) is 1.17. The second kappa shape index (κ2) is 5.97. The van der Waals surface area contributed by atoms with E-state index in [1.165, 1.54) is 0 Å². The average Bonchev–Trinajstić information content (AvgIpc) is 1.98. The van der Waals surface area contributed by atoms with E-state index < -0.39 is 6.10 Å². The maximum Gasteiger partial charge on any atom is 0.222 e. The molecule has 78 valence electrons. The van der Waals surface area contributed by atoms with Crippen LogP contribution in [0.2, 0.25) is 0 Å². The highest BCUT2D eigenvalue weighted by Crippen LogP contribution is 2.03. The Kier molecular flexibility index (Phi) is 5.71. The van der Waals surface area contributed by atoms with Crippen molar-refractivity contribution in [2.75, 3.05) is 6.54 Å². The second-order valence-corrected chi connectivity index (χ2v) is 4.18. The van der Waals surface area contributed by atoms with Crippen molar-refractivity contribution in [2.45, 2.75) is 40.2 Å². The second-order valence-electron chi connectivity index (χ2n) is 4.18. The third-order valence-corrected chi connectivity index (χ3v) is 1.78. The summed E-state index contributed by atoms with van der Waals surface area (Å²) in [5.41, 5.74) is 0. The van der Waals surface area contributed by atoms with Gasteiger partial charge in [-0.3, -0.25) is 4.79 Å². The van der Waals surface area contributed by atoms with Crippen LogP contribution in [0.5, 0.6) is 0 Å². The van der Waals surface area contributed by atoms with Crippen LogP contribution in [0.25, 0.3) is 0 Å². The van der Waals surface area contributed by atoms with Crippen LogP contribution in [0.1, 0.15) is 34.1 Å². The standard InChI is InChI=1S/C10H21NO2/c1-7(2)5-9(12)6-11-10(13)8(3)4/h7-9,12H,5-6H2,1-4H3,(H,11,13)/t9-/m1/s1. The summed E-state index contributed by atoms with van der Waals surface area (Å²) in [6.45, 7) is 8.14. The molecule has 0 aliphatic carbocycles. The van der Waals surface area contributed by atoms with Crippen molar-refractivity contribution < 1.29 is 9.90 Å². The number of aliphatic hydroxyl groups excluding tert-OH is 1. The fourth-order valence-corrected chi connectivity index (χ4v) is 1.05. The van der Waals surface area contributed by atoms with E-state index >= 15 is 0 Å². The van der Waals surface area contributed by atoms with E-state index in [-0.39, 0.29) is 11.8 Å². The van der Waals surface area contributed by atoms with Crippen molar-refractivity contribution in [3.63, 3.8) is 0 Å². The molecule has 1 amide bonds. The van der Waals surface area contributed by atoms with Crippen LogP contribution >= 0.6 is 0 Å². The maximum atomic E-state index is 11.1. The third kappa shape index (κ3) is 6.58. The Morgan fingerprint density at radius 2 is 1.85 bits per heavy atom. The smallest absolute Gasteiger partial charge is 0.222 e. The van der Waals surface area contributed by atoms with Crippen LogP contribution in [0, 0.1) is 11.8 Å². The lowest BCUT2D eigenvalue weighted by atomic mass is 10.1. The molecule has 0 unspecified atom stereocenters. The van der Waals surface area contributed by atoms with Crippen LogP contribution < -0.4 is 5.32 Å². The van der Waals surface area contributed by atoms with Crippen LogP contribution in [0.4, 0.5) is 0 Å². The van der Waals surface area contributed by atoms with Crippen LogP contribution in [-0.2, 0) is 4.79 Å². The summed E-state index contributed by atoms with van der Waals surface area (Å²) in [4.78, 5) is 11.1. The number of amides is 1. The number of rotatable bonds is 5. The maximum absolute atomic E-state index is 11.1. The molecule has 0 saturated heterocycles. The monoisotopic (exact) mass is 187 g/mol. The Morgan fingerprint density at radius 1 is 1.31 bits per heavy atom. The predicted molar refractivity (Wildman–Crippen MR) is 53.3 cm³/mol. The highest BCUT2D eigenvalue weighted by atomic mass is 16.3. The lowest BCUT2D eigenvalue weighted by Gasteiger charge is -2.14. The Labute approximate surface area is 80.5 Å². The fourth-order valence-electron chi connectivity index (χ4n) is 1.05. The molecule has 0 rings (SSSR count). The van der Waals surface area contributed by atoms with Crippen molar-refractivity contribution in [3.8, 4) is 0 Å². The molecule has 0 heterocycles. The Balaban J connectivity index is 3.58. The first kappa shape index (κ1) is 12.4. The summed E-state index contributed by atoms with van der Waals surface area (Å²) >= 11 is 0. The van der Waals surface area contributed by atoms with Gasteiger partial charge >= 0.3 is 0 Å². The van der Waals surface area contributed by atoms with E-state index in [1.807, 2.05) is 27.7 Å². The van der Waals surface area contributed by atoms with E-state index in [2.05, 4.69) is 5.32 Å². The number of nitrogens with one attached hydrogen (secondary N) is 1. The molecular formula is C10H21NO2. The van der Waals surface area contributed by atoms with Gasteiger partial charge in [-0.15, -0.1) is 0 Å². The van der Waals surface area contributed by atoms with Crippen molar-refractivity contribution in [1.82, 2.24) is 5.32 Å². The zero-order valence-electron chi connectivity index (χ0n) is 9.00. The zero-order chi connectivity index (χ0) is 10.4. The molecular weight excluding hydrogens is 166 g/mol. The molecule has 0 aromatic carbocycles. The molecule has 0 saturated carbocycles. The zero-order valence-corrected chi connectivity index (χ0v) is 9.00. The summed E-state index contributed by atoms with van der Waals surface area (Å²) in [6, 6.07) is 0. The summed E-state index contributed by atoms with van der Waals surface area (Å²) in [6.07, 6.45) is 0.320. The SMILES string of the molecule is CC(C)C[C@@H](O)CNC(=O)C(C)C. The van der Waals surface area contributed by atoms with E-state index in [0.717, 1.165) is 6.42 Å². The van der Waals surface area contributed by atoms with Gasteiger partial charge in [0.05, 0.1) is 6.10 Å². The van der Waals surface area contributed by atoms with Gasteiger partial charge in [0.25, 0.3) is 0 Å². The van der Waals surface area contributed by atoms with Gasteiger partial charge in [0.1, 0.15) is 0 Å². The normalized spacial score (nSPS) is 13.5. The third-order valence-electron chi connectivity index (χ3n) is 1.78. The quantitative estimate of drug-likeness (QED) is 0.678. The van der Waals surface area contributed by atoms with Crippen LogP contribution in [0.3, 0.4) is 0 Å². The van der Waals surface area contributed by atoms with Gasteiger partial charge in [-0.1, -0.05) is 27.7 Å². The van der Waals surface area contributed by atoms with Gasteiger partial charge < -0.3 is 10.4 Å². The average molecular weight is 187 g/mol. The summed E-state index contributed by atoms with van der Waals surface area (Å²) in [5.74, 6) is 0.458. The highest BCUT2D eigenvalue weighted by Gasteiger charge is 2.10. The van der Waals surface area contributed by atoms with Crippen molar-refractivity contribution in [2.24, 2.45) is 11.8 Å². The molecule has 0 aliphatic rings. The fraction of sp³-hybridized carbons (Fsp3) is 0.900. The van der Waals surface area contributed by atoms with Gasteiger partial charge in [0.15, 0.2) is 0 Å². The minimum atomic E-state index is -0.414. The first-order valence-electron chi connectivity index (χ1n) is 4.89. The van der Waals surface area contributed by atoms with Crippen molar-refractivity contribution >= 4 is 5.91 Å². The molecule has 1 atom stereocenters. The molecule has 13 heavy (non-hydrogen) atoms. The van der Waals surface area contributed by atoms with E-state index in [1.54, 1.807) is 0 Å². The Morgan fingerprint density at radius 3 is 2.23 bits per heavy atom. The summed E-state index contributed by atoms with van der Waals surface area (Å²) < 4.78 is 0. The lowest BCUT2D eigenvalue weighted by molar-refractivity contribution is -0.124. The molecule has 0 aromatic rings. The lowest BCUT2D eigenvalue weighted by Crippen LogP contribution is -2.35. The first-order valence-corrected chi connectivity index (χ1v) is 4.89. The van der Waals surface area contributed by atoms with E-state index in [0.29, 0.717) is 12.5 Å². The number of carbonyl (C=O) groups excluding carboxylic acids is 1. The first-order chi connectivity index (χ1) is 5.93. The van der Waals surface area contributed by atoms with Crippen molar-refractivity contribution in [3.05, 3.63) is 0 Å². The van der Waals surface area contributed by atoms with Gasteiger partial charge in [-0.05, 0) is 12.3 Å². The molecule has 0 bridgehead atoms. The molecule has 0 aromatic heterocycles. The highest BCUT2D eigenvalue weighted by molar-refractivity contribution is 5.77. The minimum Gasteiger partial charge on any atom is -0.391 e. The van der Waals surface area contributed by atoms with Gasteiger partial charge in [-0.2, -0.15) is 0 Å². The molecule has 0 spiro atoms. The summed E-state index contributed by atoms with van der Waals surface area (Å²) in [5, 5.41) is 12.1. The Bertz CT molecular complexity index is 155. The largest absolute Gasteiger partial charge is 0.391 e.